The Morgan fingerprint density at radius 1 is 0.857 bits per heavy atom. The summed E-state index contributed by atoms with van der Waals surface area (Å²) in [7, 11) is 0. The van der Waals surface area contributed by atoms with E-state index in [2.05, 4.69) is 49.2 Å². The quantitative estimate of drug-likeness (QED) is 0.399. The van der Waals surface area contributed by atoms with E-state index < -0.39 is 0 Å². The number of ether oxygens (including phenoxy) is 1. The van der Waals surface area contributed by atoms with E-state index in [-0.39, 0.29) is 0 Å². The molecule has 1 aliphatic carbocycles. The molecule has 0 unspecified atom stereocenters. The van der Waals surface area contributed by atoms with Crippen LogP contribution in [0.3, 0.4) is 0 Å². The Hall–Kier alpha value is -1.83. The number of unbranched alkanes of at least 4 members (excludes halogenated alkanes) is 1. The van der Waals surface area contributed by atoms with Crippen LogP contribution in [0.15, 0.2) is 42.6 Å². The average Bonchev–Trinajstić information content (AvgIpc) is 2.75. The van der Waals surface area contributed by atoms with Crippen LogP contribution in [0.1, 0.15) is 77.2 Å². The summed E-state index contributed by atoms with van der Waals surface area (Å²) < 4.78 is 5.70. The van der Waals surface area contributed by atoms with Crippen LogP contribution >= 0.6 is 0 Å². The second-order valence-electron chi connectivity index (χ2n) is 8.49. The van der Waals surface area contributed by atoms with Gasteiger partial charge in [-0.1, -0.05) is 83.1 Å². The number of benzene rings is 1. The van der Waals surface area contributed by atoms with E-state index in [1.165, 1.54) is 62.5 Å². The molecule has 1 aliphatic rings. The maximum absolute atomic E-state index is 5.70. The minimum Gasteiger partial charge on any atom is -0.492 e. The van der Waals surface area contributed by atoms with Crippen molar-refractivity contribution in [3.05, 3.63) is 48.2 Å². The lowest BCUT2D eigenvalue weighted by atomic mass is 9.78. The van der Waals surface area contributed by atoms with Gasteiger partial charge in [-0.2, -0.15) is 0 Å². The molecule has 1 saturated carbocycles. The van der Waals surface area contributed by atoms with Gasteiger partial charge in [0.1, 0.15) is 5.75 Å². The summed E-state index contributed by atoms with van der Waals surface area (Å²) in [6, 6.07) is 13.1. The topological polar surface area (TPSA) is 22.1 Å². The lowest BCUT2D eigenvalue weighted by molar-refractivity contribution is 0.252. The lowest BCUT2D eigenvalue weighted by Gasteiger charge is -2.28. The van der Waals surface area contributed by atoms with Gasteiger partial charge in [0.15, 0.2) is 0 Å². The van der Waals surface area contributed by atoms with Crippen LogP contribution in [-0.2, 0) is 6.42 Å². The van der Waals surface area contributed by atoms with Gasteiger partial charge >= 0.3 is 0 Å². The maximum atomic E-state index is 5.70. The van der Waals surface area contributed by atoms with Gasteiger partial charge in [-0.05, 0) is 48.8 Å². The molecule has 152 valence electrons. The first-order chi connectivity index (χ1) is 13.8. The standard InChI is InChI=1S/C26H37NO/c1-3-5-19-28-25-17-18-26(27-20-25)24-15-13-23(14-16-24)12-11-22-9-7-21(6-4-2)8-10-22/h13-18,20-22H,3-12,19H2,1-2H3/t21-,22-. The number of hydrogen-bond donors (Lipinski definition) is 0. The highest BCUT2D eigenvalue weighted by Crippen LogP contribution is 2.34. The molecule has 0 saturated heterocycles. The number of pyridine rings is 1. The van der Waals surface area contributed by atoms with Crippen LogP contribution in [0.2, 0.25) is 0 Å². The molecule has 1 aromatic heterocycles. The molecule has 28 heavy (non-hydrogen) atoms. The summed E-state index contributed by atoms with van der Waals surface area (Å²) >= 11 is 0. The van der Waals surface area contributed by atoms with Crippen LogP contribution in [0, 0.1) is 11.8 Å². The zero-order chi connectivity index (χ0) is 19.6. The van der Waals surface area contributed by atoms with E-state index in [1.54, 1.807) is 0 Å². The van der Waals surface area contributed by atoms with Crippen molar-refractivity contribution >= 4 is 0 Å². The summed E-state index contributed by atoms with van der Waals surface area (Å²) in [5.74, 6) is 2.81. The van der Waals surface area contributed by atoms with E-state index in [9.17, 15) is 0 Å². The smallest absolute Gasteiger partial charge is 0.137 e. The highest BCUT2D eigenvalue weighted by atomic mass is 16.5. The largest absolute Gasteiger partial charge is 0.492 e. The van der Waals surface area contributed by atoms with Gasteiger partial charge in [-0.15, -0.1) is 0 Å². The van der Waals surface area contributed by atoms with E-state index in [0.29, 0.717) is 0 Å². The Kier molecular flexibility index (Phi) is 8.39. The molecule has 0 bridgehead atoms. The maximum Gasteiger partial charge on any atom is 0.137 e. The second-order valence-corrected chi connectivity index (χ2v) is 8.49. The normalized spacial score (nSPS) is 19.5. The van der Waals surface area contributed by atoms with Gasteiger partial charge in [-0.25, -0.2) is 0 Å². The van der Waals surface area contributed by atoms with Crippen molar-refractivity contribution in [2.75, 3.05) is 6.61 Å². The highest BCUT2D eigenvalue weighted by molar-refractivity contribution is 5.59. The van der Waals surface area contributed by atoms with E-state index in [1.807, 2.05) is 12.3 Å². The number of hydrogen-bond acceptors (Lipinski definition) is 2. The third-order valence-corrected chi connectivity index (χ3v) is 6.26. The SMILES string of the molecule is CCCCOc1ccc(-c2ccc(CC[C@H]3CC[C@H](CCC)CC3)cc2)nc1. The predicted molar refractivity (Wildman–Crippen MR) is 119 cm³/mol. The molecule has 0 N–H and O–H groups in total. The molecule has 0 radical (unpaired) electrons. The van der Waals surface area contributed by atoms with Gasteiger partial charge < -0.3 is 4.74 Å². The van der Waals surface area contributed by atoms with Gasteiger partial charge in [0, 0.05) is 5.56 Å². The number of aryl methyl sites for hydroxylation is 1. The lowest BCUT2D eigenvalue weighted by Crippen LogP contribution is -2.15. The van der Waals surface area contributed by atoms with Crippen molar-refractivity contribution in [2.45, 2.75) is 78.1 Å². The molecule has 1 aromatic carbocycles. The Labute approximate surface area is 171 Å². The molecule has 2 heteroatoms. The van der Waals surface area contributed by atoms with Gasteiger partial charge in [0.05, 0.1) is 18.5 Å². The van der Waals surface area contributed by atoms with Crippen LogP contribution in [-0.4, -0.2) is 11.6 Å². The van der Waals surface area contributed by atoms with Crippen molar-refractivity contribution < 1.29 is 4.74 Å². The zero-order valence-corrected chi connectivity index (χ0v) is 17.8. The minimum atomic E-state index is 0.770. The summed E-state index contributed by atoms with van der Waals surface area (Å²) in [5.41, 5.74) is 3.66. The van der Waals surface area contributed by atoms with Crippen LogP contribution < -0.4 is 4.74 Å². The van der Waals surface area contributed by atoms with Crippen molar-refractivity contribution in [3.8, 4) is 17.0 Å². The first-order valence-electron chi connectivity index (χ1n) is 11.5. The molecule has 2 nitrogen and oxygen atoms in total. The predicted octanol–water partition coefficient (Wildman–Crippen LogP) is 7.47. The van der Waals surface area contributed by atoms with E-state index in [4.69, 9.17) is 4.74 Å². The Balaban J connectivity index is 1.46. The summed E-state index contributed by atoms with van der Waals surface area (Å²) in [4.78, 5) is 4.57. The molecule has 0 atom stereocenters. The van der Waals surface area contributed by atoms with Crippen LogP contribution in [0.4, 0.5) is 0 Å². The molecule has 2 aromatic rings. The fraction of sp³-hybridized carbons (Fsp3) is 0.577. The van der Waals surface area contributed by atoms with Crippen molar-refractivity contribution in [1.82, 2.24) is 4.98 Å². The van der Waals surface area contributed by atoms with Crippen LogP contribution in [0.25, 0.3) is 11.3 Å². The van der Waals surface area contributed by atoms with Crippen LogP contribution in [0.5, 0.6) is 5.75 Å². The summed E-state index contributed by atoms with van der Waals surface area (Å²) in [5, 5.41) is 0. The third kappa shape index (κ3) is 6.36. The molecular weight excluding hydrogens is 342 g/mol. The van der Waals surface area contributed by atoms with Gasteiger partial charge in [0.2, 0.25) is 0 Å². The minimum absolute atomic E-state index is 0.770. The molecule has 1 heterocycles. The first-order valence-corrected chi connectivity index (χ1v) is 11.5. The number of nitrogens with zero attached hydrogens (tertiary/aromatic N) is 1. The zero-order valence-electron chi connectivity index (χ0n) is 17.8. The first kappa shape index (κ1) is 20.9. The Morgan fingerprint density at radius 2 is 1.57 bits per heavy atom. The second kappa shape index (κ2) is 11.2. The van der Waals surface area contributed by atoms with Crippen molar-refractivity contribution in [1.29, 1.82) is 0 Å². The Morgan fingerprint density at radius 3 is 2.18 bits per heavy atom. The Bertz CT molecular complexity index is 669. The molecule has 0 spiro atoms. The number of rotatable bonds is 10. The highest BCUT2D eigenvalue weighted by Gasteiger charge is 2.20. The molecular formula is C26H37NO. The summed E-state index contributed by atoms with van der Waals surface area (Å²) in [6.07, 6.45) is 15.2. The summed E-state index contributed by atoms with van der Waals surface area (Å²) in [6.45, 7) is 5.26. The third-order valence-electron chi connectivity index (χ3n) is 6.26. The molecule has 1 fully saturated rings. The van der Waals surface area contributed by atoms with E-state index in [0.717, 1.165) is 42.7 Å². The average molecular weight is 380 g/mol. The fourth-order valence-electron chi connectivity index (χ4n) is 4.40. The van der Waals surface area contributed by atoms with Gasteiger partial charge in [-0.3, -0.25) is 4.98 Å². The molecule has 0 amide bonds. The van der Waals surface area contributed by atoms with Gasteiger partial charge in [0.25, 0.3) is 0 Å². The van der Waals surface area contributed by atoms with Crippen molar-refractivity contribution in [2.24, 2.45) is 11.8 Å². The van der Waals surface area contributed by atoms with E-state index >= 15 is 0 Å². The monoisotopic (exact) mass is 379 g/mol. The van der Waals surface area contributed by atoms with Crippen molar-refractivity contribution in [3.63, 3.8) is 0 Å². The molecule has 3 rings (SSSR count). The fourth-order valence-corrected chi connectivity index (χ4v) is 4.40. The molecule has 0 aliphatic heterocycles. The number of aromatic nitrogens is 1.